The Bertz CT molecular complexity index is 2060. The van der Waals surface area contributed by atoms with Gasteiger partial charge in [0.2, 0.25) is 0 Å². The second-order valence-corrected chi connectivity index (χ2v) is 18.5. The topological polar surface area (TPSA) is 0 Å². The molecule has 0 nitrogen and oxygen atoms in total. The van der Waals surface area contributed by atoms with Gasteiger partial charge in [-0.25, -0.2) is 0 Å². The summed E-state index contributed by atoms with van der Waals surface area (Å²) in [6, 6.07) is 44.9. The van der Waals surface area contributed by atoms with Gasteiger partial charge in [-0.1, -0.05) is 143 Å². The molecule has 0 saturated heterocycles. The Morgan fingerprint density at radius 2 is 1.23 bits per heavy atom. The van der Waals surface area contributed by atoms with Crippen molar-refractivity contribution in [3.63, 3.8) is 0 Å². The number of hydrogen-bond acceptors (Lipinski definition) is 0. The quantitative estimate of drug-likeness (QED) is 0.125. The van der Waals surface area contributed by atoms with Crippen molar-refractivity contribution in [3.8, 4) is 22.3 Å². The average Bonchev–Trinajstić information content (AvgIpc) is 3.66. The zero-order valence-electron chi connectivity index (χ0n) is 29.6. The molecule has 7 aromatic carbocycles. The predicted molar refractivity (Wildman–Crippen MR) is 213 cm³/mol. The molecule has 0 saturated carbocycles. The molecule has 0 heterocycles. The Morgan fingerprint density at radius 3 is 1.89 bits per heavy atom. The zero-order chi connectivity index (χ0) is 32.3. The predicted octanol–water partition coefficient (Wildman–Crippen LogP) is 12.4. The van der Waals surface area contributed by atoms with Crippen molar-refractivity contribution in [1.82, 2.24) is 0 Å². The Morgan fingerprint density at radius 1 is 0.617 bits per heavy atom. The number of hydrogen-bond donors (Lipinski definition) is 0. The van der Waals surface area contributed by atoms with Crippen LogP contribution in [0.25, 0.3) is 54.6 Å². The second-order valence-electron chi connectivity index (χ2n) is 13.4. The Hall–Kier alpha value is -3.10. The molecular formula is C44H48Si2Zr-4. The summed E-state index contributed by atoms with van der Waals surface area (Å²) in [6.07, 6.45) is 0. The summed E-state index contributed by atoms with van der Waals surface area (Å²) in [5.41, 5.74) is 9.46. The molecule has 0 aliphatic rings. The molecule has 0 N–H and O–H groups in total. The van der Waals surface area contributed by atoms with E-state index in [1.165, 1.54) is 99.8 Å². The first-order valence-electron chi connectivity index (χ1n) is 15.8. The summed E-state index contributed by atoms with van der Waals surface area (Å²) in [6.45, 7) is 19.1. The molecule has 0 fully saturated rings. The summed E-state index contributed by atoms with van der Waals surface area (Å²) in [4.78, 5) is 0. The zero-order valence-corrected chi connectivity index (χ0v) is 34.1. The van der Waals surface area contributed by atoms with Crippen LogP contribution in [0.1, 0.15) is 36.5 Å². The molecule has 0 amide bonds. The van der Waals surface area contributed by atoms with E-state index >= 15 is 0 Å². The van der Waals surface area contributed by atoms with Crippen LogP contribution < -0.4 is 5.19 Å². The van der Waals surface area contributed by atoms with E-state index in [1.54, 1.807) is 0 Å². The number of fused-ring (bicyclic) bond motifs is 3. The molecule has 2 radical (unpaired) electrons. The summed E-state index contributed by atoms with van der Waals surface area (Å²) >= 11 is 1.36. The van der Waals surface area contributed by atoms with Gasteiger partial charge in [-0.15, -0.1) is 68.6 Å². The Balaban J connectivity index is 0.000000234. The van der Waals surface area contributed by atoms with Gasteiger partial charge in [0.25, 0.3) is 0 Å². The van der Waals surface area contributed by atoms with E-state index in [-0.39, 0.29) is 14.9 Å². The maximum atomic E-state index is 3.06. The third kappa shape index (κ3) is 8.31. The van der Waals surface area contributed by atoms with Crippen LogP contribution in [0.4, 0.5) is 0 Å². The standard InChI is InChI=1S/C22H19.C20H23Si.2CH3.Si.Zr/c1-15(2)18-13-17-9-6-12-21(22(17)14-18)20-11-5-8-16-7-3-4-10-19(16)20;1-14-12-19-15(2)6-11-18(20(19)13-14)16-7-9-17(10-8-16)21(3,4)5;;;;/h3-15H,1-2H3;6-13H,1-5H3;2*1H3;;/q4*-1;;. The molecule has 0 spiro atoms. The van der Waals surface area contributed by atoms with Gasteiger partial charge in [0.15, 0.2) is 0 Å². The van der Waals surface area contributed by atoms with Crippen molar-refractivity contribution in [3.05, 3.63) is 153 Å². The first kappa shape index (κ1) is 38.3. The van der Waals surface area contributed by atoms with Gasteiger partial charge in [0.1, 0.15) is 0 Å². The normalized spacial score (nSPS) is 10.9. The molecule has 47 heavy (non-hydrogen) atoms. The van der Waals surface area contributed by atoms with Crippen LogP contribution in [0.5, 0.6) is 0 Å². The van der Waals surface area contributed by atoms with E-state index in [1.807, 2.05) is 0 Å². The molecule has 240 valence electrons. The third-order valence-electron chi connectivity index (χ3n) is 8.83. The van der Waals surface area contributed by atoms with Gasteiger partial charge >= 0.3 is 30.2 Å². The Kier molecular flexibility index (Phi) is 13.3. The molecular weight excluding hydrogens is 676 g/mol. The maximum absolute atomic E-state index is 3.06. The fourth-order valence-corrected chi connectivity index (χ4v) is 7.44. The molecule has 3 heteroatoms. The molecule has 7 rings (SSSR count). The van der Waals surface area contributed by atoms with Gasteiger partial charge in [-0.05, 0) is 27.8 Å². The summed E-state index contributed by atoms with van der Waals surface area (Å²) in [7, 11) is -1.22. The van der Waals surface area contributed by atoms with Crippen LogP contribution >= 0.6 is 0 Å². The van der Waals surface area contributed by atoms with E-state index in [9.17, 15) is 0 Å². The van der Waals surface area contributed by atoms with Crippen molar-refractivity contribution in [2.24, 2.45) is 0 Å². The molecule has 0 aliphatic carbocycles. The van der Waals surface area contributed by atoms with Crippen LogP contribution in [0, 0.1) is 28.7 Å². The second kappa shape index (κ2) is 16.3. The third-order valence-corrected chi connectivity index (χ3v) is 10.9. The van der Waals surface area contributed by atoms with Crippen LogP contribution in [-0.2, 0) is 23.3 Å². The van der Waals surface area contributed by atoms with Gasteiger partial charge < -0.3 is 14.9 Å². The van der Waals surface area contributed by atoms with Crippen LogP contribution in [0.3, 0.4) is 0 Å². The SMILES string of the molecule is CC(C)c1cc2c(-c3cccc4ccccc34)cccc2[cH-]1.Cc1cc2c(-c3ccc([Si](C)(C)C)cc3)ccc(C)c2[cH-]1.[CH3-].[CH3-].[Si]=[Zr]. The van der Waals surface area contributed by atoms with Crippen molar-refractivity contribution < 1.29 is 23.3 Å². The fraction of sp³-hybridized carbons (Fsp3) is 0.182. The summed E-state index contributed by atoms with van der Waals surface area (Å²) in [5, 5.41) is 9.62. The first-order chi connectivity index (χ1) is 21.6. The average molecular weight is 724 g/mol. The summed E-state index contributed by atoms with van der Waals surface area (Å²) < 4.78 is 0. The van der Waals surface area contributed by atoms with Crippen molar-refractivity contribution in [2.75, 3.05) is 0 Å². The van der Waals surface area contributed by atoms with E-state index in [0.717, 1.165) is 0 Å². The van der Waals surface area contributed by atoms with Gasteiger partial charge in [0, 0.05) is 0 Å². The van der Waals surface area contributed by atoms with E-state index in [0.29, 0.717) is 5.92 Å². The van der Waals surface area contributed by atoms with Gasteiger partial charge in [-0.2, -0.15) is 12.1 Å². The van der Waals surface area contributed by atoms with Crippen LogP contribution in [-0.4, -0.2) is 15.0 Å². The fourth-order valence-electron chi connectivity index (χ4n) is 6.28. The monoisotopic (exact) mass is 722 g/mol. The molecule has 0 atom stereocenters. The number of aryl methyl sites for hydroxylation is 2. The molecule has 0 aliphatic heterocycles. The van der Waals surface area contributed by atoms with Crippen molar-refractivity contribution >= 4 is 52.5 Å². The van der Waals surface area contributed by atoms with Crippen molar-refractivity contribution in [2.45, 2.75) is 53.3 Å². The summed E-state index contributed by atoms with van der Waals surface area (Å²) in [5.74, 6) is 0.563. The number of rotatable bonds is 4. The van der Waals surface area contributed by atoms with E-state index in [2.05, 4.69) is 176 Å². The van der Waals surface area contributed by atoms with Gasteiger partial charge in [-0.3, -0.25) is 0 Å². The molecule has 0 aromatic heterocycles. The van der Waals surface area contributed by atoms with Crippen molar-refractivity contribution in [1.29, 1.82) is 0 Å². The van der Waals surface area contributed by atoms with Crippen LogP contribution in [0.2, 0.25) is 19.6 Å². The van der Waals surface area contributed by atoms with E-state index in [4.69, 9.17) is 0 Å². The minimum absolute atomic E-state index is 0. The first-order valence-corrected chi connectivity index (χ1v) is 23.5. The molecule has 7 aromatic rings. The van der Waals surface area contributed by atoms with E-state index < -0.39 is 8.07 Å². The number of benzene rings is 5. The molecule has 0 unspecified atom stereocenters. The minimum atomic E-state index is -1.22. The van der Waals surface area contributed by atoms with Crippen LogP contribution in [0.15, 0.2) is 121 Å². The van der Waals surface area contributed by atoms with Gasteiger partial charge in [0.05, 0.1) is 8.07 Å². The Labute approximate surface area is 302 Å². The molecule has 0 bridgehead atoms.